The molecule has 3 fully saturated rings. The Labute approximate surface area is 222 Å². The molecule has 5 rings (SSSR count). The van der Waals surface area contributed by atoms with E-state index in [9.17, 15) is 14.4 Å². The van der Waals surface area contributed by atoms with Crippen molar-refractivity contribution in [2.75, 3.05) is 24.5 Å². The van der Waals surface area contributed by atoms with Crippen molar-refractivity contribution in [3.63, 3.8) is 0 Å². The van der Waals surface area contributed by atoms with Crippen LogP contribution in [0.2, 0.25) is 0 Å². The number of benzene rings is 1. The second-order valence-electron chi connectivity index (χ2n) is 11.9. The highest BCUT2D eigenvalue weighted by Gasteiger charge is 2.34. The van der Waals surface area contributed by atoms with Gasteiger partial charge in [0.05, 0.1) is 11.4 Å². The number of hydrogen-bond acceptors (Lipinski definition) is 6. The van der Waals surface area contributed by atoms with Gasteiger partial charge in [0.25, 0.3) is 0 Å². The maximum absolute atomic E-state index is 15.4. The van der Waals surface area contributed by atoms with Crippen molar-refractivity contribution in [3.8, 4) is 0 Å². The minimum atomic E-state index is -0.529. The van der Waals surface area contributed by atoms with Gasteiger partial charge in [0.1, 0.15) is 11.4 Å². The molecule has 1 N–H and O–H groups in total. The molecule has 0 bridgehead atoms. The summed E-state index contributed by atoms with van der Waals surface area (Å²) in [6, 6.07) is 3.30. The summed E-state index contributed by atoms with van der Waals surface area (Å²) in [5.74, 6) is -0.200. The van der Waals surface area contributed by atoms with Crippen molar-refractivity contribution in [3.05, 3.63) is 23.5 Å². The number of ether oxygens (including phenoxy) is 1. The van der Waals surface area contributed by atoms with E-state index in [1.54, 1.807) is 11.7 Å². The number of nitrogens with one attached hydrogen (secondary N) is 1. The largest absolute Gasteiger partial charge is 0.460 e. The monoisotopic (exact) mass is 527 g/mol. The molecule has 2 saturated heterocycles. The second-order valence-corrected chi connectivity index (χ2v) is 11.9. The number of esters is 1. The van der Waals surface area contributed by atoms with Crippen LogP contribution >= 0.6 is 0 Å². The fraction of sp³-hybridized carbons (Fsp3) is 0.643. The molecule has 0 spiro atoms. The number of urea groups is 1. The number of aromatic nitrogens is 2. The SMILES string of the molecule is Cn1nc(N2CCC(=O)NC2=O)c2cc(F)c(C3CCN([C@H]4CC[C@H](C(=O)OC(C)(C)C)CC4)CC3)cc21. The molecule has 0 radical (unpaired) electrons. The first-order valence-electron chi connectivity index (χ1n) is 13.7. The van der Waals surface area contributed by atoms with Crippen LogP contribution in [0, 0.1) is 11.7 Å². The van der Waals surface area contributed by atoms with Gasteiger partial charge in [-0.15, -0.1) is 0 Å². The van der Waals surface area contributed by atoms with E-state index < -0.39 is 11.6 Å². The molecule has 3 heterocycles. The third-order valence-electron chi connectivity index (χ3n) is 8.18. The maximum Gasteiger partial charge on any atom is 0.329 e. The fourth-order valence-electron chi connectivity index (χ4n) is 6.19. The Balaban J connectivity index is 1.22. The zero-order chi connectivity index (χ0) is 27.2. The lowest BCUT2D eigenvalue weighted by Crippen LogP contribution is -2.49. The average Bonchev–Trinajstić information content (AvgIpc) is 3.17. The molecule has 0 atom stereocenters. The predicted molar refractivity (Wildman–Crippen MR) is 141 cm³/mol. The average molecular weight is 528 g/mol. The van der Waals surface area contributed by atoms with Gasteiger partial charge in [0, 0.05) is 31.4 Å². The number of likely N-dealkylation sites (tertiary alicyclic amines) is 1. The molecule has 206 valence electrons. The van der Waals surface area contributed by atoms with Crippen LogP contribution in [0.4, 0.5) is 15.0 Å². The van der Waals surface area contributed by atoms with Gasteiger partial charge in [-0.25, -0.2) is 9.18 Å². The number of imide groups is 1. The highest BCUT2D eigenvalue weighted by molar-refractivity contribution is 6.08. The van der Waals surface area contributed by atoms with Gasteiger partial charge >= 0.3 is 12.0 Å². The quantitative estimate of drug-likeness (QED) is 0.598. The van der Waals surface area contributed by atoms with Gasteiger partial charge in [-0.1, -0.05) is 0 Å². The van der Waals surface area contributed by atoms with E-state index in [1.165, 1.54) is 11.0 Å². The number of anilines is 1. The van der Waals surface area contributed by atoms with Crippen LogP contribution < -0.4 is 10.2 Å². The number of piperidine rings is 1. The number of halogens is 1. The molecule has 0 unspecified atom stereocenters. The summed E-state index contributed by atoms with van der Waals surface area (Å²) >= 11 is 0. The van der Waals surface area contributed by atoms with Crippen molar-refractivity contribution in [1.29, 1.82) is 0 Å². The van der Waals surface area contributed by atoms with E-state index in [0.29, 0.717) is 22.8 Å². The van der Waals surface area contributed by atoms with E-state index in [2.05, 4.69) is 15.3 Å². The molecule has 3 amide bonds. The van der Waals surface area contributed by atoms with Crippen molar-refractivity contribution < 1.29 is 23.5 Å². The maximum atomic E-state index is 15.4. The van der Waals surface area contributed by atoms with Gasteiger partial charge < -0.3 is 9.64 Å². The zero-order valence-electron chi connectivity index (χ0n) is 22.8. The minimum absolute atomic E-state index is 0.0101. The molecule has 2 aromatic rings. The molecule has 10 heteroatoms. The van der Waals surface area contributed by atoms with Crippen molar-refractivity contribution in [1.82, 2.24) is 20.0 Å². The molecule has 1 aromatic carbocycles. The van der Waals surface area contributed by atoms with Crippen LogP contribution in [0.1, 0.15) is 77.2 Å². The van der Waals surface area contributed by atoms with Gasteiger partial charge in [0.2, 0.25) is 5.91 Å². The Morgan fingerprint density at radius 1 is 1.05 bits per heavy atom. The first kappa shape index (κ1) is 26.6. The van der Waals surface area contributed by atoms with E-state index in [-0.39, 0.29) is 42.5 Å². The van der Waals surface area contributed by atoms with Crippen LogP contribution in [-0.4, -0.2) is 63.9 Å². The first-order valence-corrected chi connectivity index (χ1v) is 13.7. The van der Waals surface area contributed by atoms with E-state index >= 15 is 4.39 Å². The molecule has 38 heavy (non-hydrogen) atoms. The molecular weight excluding hydrogens is 489 g/mol. The molecule has 2 aliphatic heterocycles. The minimum Gasteiger partial charge on any atom is -0.460 e. The third kappa shape index (κ3) is 5.41. The lowest BCUT2D eigenvalue weighted by Gasteiger charge is -2.40. The number of amides is 3. The summed E-state index contributed by atoms with van der Waals surface area (Å²) in [5, 5.41) is 7.36. The topological polar surface area (TPSA) is 96.8 Å². The van der Waals surface area contributed by atoms with Crippen LogP contribution in [0.5, 0.6) is 0 Å². The molecule has 1 aliphatic carbocycles. The Morgan fingerprint density at radius 3 is 2.37 bits per heavy atom. The van der Waals surface area contributed by atoms with E-state index in [0.717, 1.165) is 57.1 Å². The Hall–Kier alpha value is -3.01. The van der Waals surface area contributed by atoms with Crippen LogP contribution in [0.3, 0.4) is 0 Å². The number of carbonyl (C=O) groups excluding carboxylic acids is 3. The summed E-state index contributed by atoms with van der Waals surface area (Å²) < 4.78 is 22.7. The first-order chi connectivity index (χ1) is 18.0. The number of carbonyl (C=O) groups is 3. The normalized spacial score (nSPS) is 24.1. The van der Waals surface area contributed by atoms with E-state index in [1.807, 2.05) is 26.8 Å². The Kier molecular flexibility index (Phi) is 7.19. The summed E-state index contributed by atoms with van der Waals surface area (Å²) in [4.78, 5) is 40.3. The standard InChI is InChI=1S/C28H38FN5O4/c1-28(2,3)38-26(36)18-5-7-19(8-6-18)33-12-9-17(10-13-33)20-16-23-21(15-22(20)29)25(31-32(23)4)34-14-11-24(35)30-27(34)37/h15-19H,5-14H2,1-4H3,(H,30,35,37)/t18-,19-. The van der Waals surface area contributed by atoms with Crippen LogP contribution in [0.15, 0.2) is 12.1 Å². The lowest BCUT2D eigenvalue weighted by atomic mass is 9.83. The van der Waals surface area contributed by atoms with Gasteiger partial charge in [-0.05, 0) is 96.0 Å². The summed E-state index contributed by atoms with van der Waals surface area (Å²) in [7, 11) is 1.79. The number of rotatable bonds is 4. The van der Waals surface area contributed by atoms with Crippen molar-refractivity contribution in [2.24, 2.45) is 13.0 Å². The molecule has 1 saturated carbocycles. The second kappa shape index (κ2) is 10.3. The van der Waals surface area contributed by atoms with Crippen molar-refractivity contribution in [2.45, 2.75) is 83.3 Å². The molecule has 9 nitrogen and oxygen atoms in total. The van der Waals surface area contributed by atoms with Crippen molar-refractivity contribution >= 4 is 34.6 Å². The molecule has 1 aromatic heterocycles. The highest BCUT2D eigenvalue weighted by Crippen LogP contribution is 2.37. The fourth-order valence-corrected chi connectivity index (χ4v) is 6.19. The summed E-state index contributed by atoms with van der Waals surface area (Å²) in [6.07, 6.45) is 5.62. The number of aryl methyl sites for hydroxylation is 1. The van der Waals surface area contributed by atoms with E-state index in [4.69, 9.17) is 4.74 Å². The molecule has 3 aliphatic rings. The highest BCUT2D eigenvalue weighted by atomic mass is 19.1. The summed E-state index contributed by atoms with van der Waals surface area (Å²) in [5.41, 5.74) is 1.01. The molecular formula is C28H38FN5O4. The summed E-state index contributed by atoms with van der Waals surface area (Å²) in [6.45, 7) is 7.75. The van der Waals surface area contributed by atoms with Crippen LogP contribution in [0.25, 0.3) is 10.9 Å². The number of hydrogen-bond donors (Lipinski definition) is 1. The zero-order valence-corrected chi connectivity index (χ0v) is 22.8. The third-order valence-corrected chi connectivity index (χ3v) is 8.18. The van der Waals surface area contributed by atoms with Gasteiger partial charge in [-0.3, -0.25) is 24.5 Å². The number of nitrogens with zero attached hydrogens (tertiary/aromatic N) is 4. The Morgan fingerprint density at radius 2 is 1.74 bits per heavy atom. The Bertz CT molecular complexity index is 1240. The smallest absolute Gasteiger partial charge is 0.329 e. The number of fused-ring (bicyclic) bond motifs is 1. The van der Waals surface area contributed by atoms with Gasteiger partial charge in [-0.2, -0.15) is 5.10 Å². The van der Waals surface area contributed by atoms with Gasteiger partial charge in [0.15, 0.2) is 5.82 Å². The lowest BCUT2D eigenvalue weighted by molar-refractivity contribution is -0.161. The van der Waals surface area contributed by atoms with Crippen LogP contribution in [-0.2, 0) is 21.4 Å². The predicted octanol–water partition coefficient (Wildman–Crippen LogP) is 4.24.